The van der Waals surface area contributed by atoms with E-state index in [1.807, 2.05) is 26.8 Å². The first-order valence-corrected chi connectivity index (χ1v) is 10.5. The molecule has 1 fully saturated rings. The number of benzene rings is 2. The summed E-state index contributed by atoms with van der Waals surface area (Å²) in [4.78, 5) is 26.1. The Bertz CT molecular complexity index is 961. The minimum Gasteiger partial charge on any atom is -0.449 e. The molecule has 8 heteroatoms. The van der Waals surface area contributed by atoms with Crippen LogP contribution >= 0.6 is 11.6 Å². The van der Waals surface area contributed by atoms with Crippen LogP contribution in [0.1, 0.15) is 27.2 Å². The predicted molar refractivity (Wildman–Crippen MR) is 118 cm³/mol. The average Bonchev–Trinajstić information content (AvgIpc) is 3.17. The van der Waals surface area contributed by atoms with Crippen molar-refractivity contribution in [3.8, 4) is 11.1 Å². The summed E-state index contributed by atoms with van der Waals surface area (Å²) in [6.45, 7) is 6.71. The van der Waals surface area contributed by atoms with E-state index in [1.54, 1.807) is 29.2 Å². The minimum absolute atomic E-state index is 0.00524. The minimum atomic E-state index is -0.601. The van der Waals surface area contributed by atoms with Gasteiger partial charge in [-0.05, 0) is 51.0 Å². The van der Waals surface area contributed by atoms with E-state index in [1.165, 1.54) is 12.1 Å². The Kier molecular flexibility index (Phi) is 7.05. The van der Waals surface area contributed by atoms with Crippen molar-refractivity contribution in [3.05, 3.63) is 53.3 Å². The van der Waals surface area contributed by atoms with Gasteiger partial charge in [0.25, 0.3) is 0 Å². The highest BCUT2D eigenvalue weighted by Crippen LogP contribution is 2.31. The van der Waals surface area contributed by atoms with Gasteiger partial charge in [-0.2, -0.15) is 0 Å². The van der Waals surface area contributed by atoms with Crippen LogP contribution in [0.3, 0.4) is 0 Å². The zero-order chi connectivity index (χ0) is 22.6. The fourth-order valence-corrected chi connectivity index (χ4v) is 3.49. The molecule has 166 valence electrons. The van der Waals surface area contributed by atoms with Crippen LogP contribution < -0.4 is 5.32 Å². The highest BCUT2D eigenvalue weighted by Gasteiger charge is 2.30. The molecule has 2 amide bonds. The first-order valence-electron chi connectivity index (χ1n) is 10.1. The van der Waals surface area contributed by atoms with Crippen LogP contribution in [0.5, 0.6) is 0 Å². The van der Waals surface area contributed by atoms with Crippen molar-refractivity contribution < 1.29 is 23.5 Å². The molecule has 0 spiro atoms. The third-order valence-corrected chi connectivity index (χ3v) is 5.07. The number of amides is 2. The molecule has 1 atom stereocenters. The third-order valence-electron chi connectivity index (χ3n) is 4.78. The number of hydrogen-bond acceptors (Lipinski definition) is 4. The van der Waals surface area contributed by atoms with Crippen LogP contribution in [0, 0.1) is 11.7 Å². The smallest absolute Gasteiger partial charge is 0.411 e. The lowest BCUT2D eigenvalue weighted by molar-refractivity contribution is 0.0283. The summed E-state index contributed by atoms with van der Waals surface area (Å²) >= 11 is 5.89. The topological polar surface area (TPSA) is 67.9 Å². The van der Waals surface area contributed by atoms with Gasteiger partial charge in [-0.1, -0.05) is 35.9 Å². The number of ether oxygens (including phenoxy) is 2. The van der Waals surface area contributed by atoms with Gasteiger partial charge >= 0.3 is 12.2 Å². The van der Waals surface area contributed by atoms with E-state index in [0.29, 0.717) is 29.9 Å². The van der Waals surface area contributed by atoms with Gasteiger partial charge in [-0.25, -0.2) is 14.0 Å². The highest BCUT2D eigenvalue weighted by atomic mass is 35.5. The maximum Gasteiger partial charge on any atom is 0.411 e. The van der Waals surface area contributed by atoms with Gasteiger partial charge in [0.1, 0.15) is 11.4 Å². The van der Waals surface area contributed by atoms with Crippen molar-refractivity contribution in [1.29, 1.82) is 0 Å². The predicted octanol–water partition coefficient (Wildman–Crippen LogP) is 5.95. The van der Waals surface area contributed by atoms with Gasteiger partial charge in [0, 0.05) is 24.6 Å². The van der Waals surface area contributed by atoms with Crippen LogP contribution in [0.25, 0.3) is 11.1 Å². The quantitative estimate of drug-likeness (QED) is 0.627. The summed E-state index contributed by atoms with van der Waals surface area (Å²) in [5.74, 6) is -0.461. The lowest BCUT2D eigenvalue weighted by Crippen LogP contribution is -2.35. The summed E-state index contributed by atoms with van der Waals surface area (Å²) < 4.78 is 24.2. The van der Waals surface area contributed by atoms with Gasteiger partial charge in [0.05, 0.1) is 17.3 Å². The molecule has 1 N–H and O–H groups in total. The molecule has 2 aromatic rings. The van der Waals surface area contributed by atoms with Crippen LogP contribution in [-0.4, -0.2) is 42.4 Å². The van der Waals surface area contributed by atoms with Gasteiger partial charge in [-0.15, -0.1) is 0 Å². The second-order valence-electron chi connectivity index (χ2n) is 8.48. The van der Waals surface area contributed by atoms with Gasteiger partial charge < -0.3 is 14.4 Å². The number of carbonyl (C=O) groups is 2. The van der Waals surface area contributed by atoms with E-state index in [4.69, 9.17) is 21.1 Å². The van der Waals surface area contributed by atoms with E-state index >= 15 is 0 Å². The summed E-state index contributed by atoms with van der Waals surface area (Å²) in [5, 5.41) is 2.73. The molecule has 6 nitrogen and oxygen atoms in total. The number of nitrogens with zero attached hydrogens (tertiary/aromatic N) is 1. The number of carbonyl (C=O) groups excluding carboxylic acids is 2. The van der Waals surface area contributed by atoms with E-state index in [-0.39, 0.29) is 23.6 Å². The molecule has 1 saturated heterocycles. The SMILES string of the molecule is CC(C)(C)OC(=O)N1CC[C@@H](COC(=O)Nc2ccccc2-c2ccc(F)c(Cl)c2)C1. The van der Waals surface area contributed by atoms with Crippen molar-refractivity contribution in [1.82, 2.24) is 4.90 Å². The van der Waals surface area contributed by atoms with E-state index < -0.39 is 17.5 Å². The number of nitrogens with one attached hydrogen (secondary N) is 1. The molecule has 1 heterocycles. The van der Waals surface area contributed by atoms with Crippen molar-refractivity contribution in [2.24, 2.45) is 5.92 Å². The first kappa shape index (κ1) is 22.9. The fraction of sp³-hybridized carbons (Fsp3) is 0.391. The van der Waals surface area contributed by atoms with E-state index in [0.717, 1.165) is 6.42 Å². The molecular weight excluding hydrogens is 423 g/mol. The molecule has 0 radical (unpaired) electrons. The van der Waals surface area contributed by atoms with Gasteiger partial charge in [0.2, 0.25) is 0 Å². The Hall–Kier alpha value is -2.80. The highest BCUT2D eigenvalue weighted by molar-refractivity contribution is 6.31. The summed E-state index contributed by atoms with van der Waals surface area (Å²) in [5.41, 5.74) is 1.34. The van der Waals surface area contributed by atoms with Crippen molar-refractivity contribution in [2.75, 3.05) is 25.0 Å². The molecule has 0 aromatic heterocycles. The average molecular weight is 449 g/mol. The third kappa shape index (κ3) is 6.34. The lowest BCUT2D eigenvalue weighted by atomic mass is 10.0. The normalized spacial score (nSPS) is 16.2. The van der Waals surface area contributed by atoms with Crippen molar-refractivity contribution in [3.63, 3.8) is 0 Å². The lowest BCUT2D eigenvalue weighted by Gasteiger charge is -2.24. The van der Waals surface area contributed by atoms with Gasteiger partial charge in [0.15, 0.2) is 0 Å². The van der Waals surface area contributed by atoms with Crippen molar-refractivity contribution in [2.45, 2.75) is 32.8 Å². The Balaban J connectivity index is 1.55. The molecule has 0 saturated carbocycles. The molecule has 1 aliphatic rings. The number of anilines is 1. The number of rotatable bonds is 4. The Morgan fingerprint density at radius 2 is 1.97 bits per heavy atom. The Morgan fingerprint density at radius 3 is 2.68 bits per heavy atom. The zero-order valence-corrected chi connectivity index (χ0v) is 18.5. The van der Waals surface area contributed by atoms with E-state index in [2.05, 4.69) is 5.32 Å². The molecule has 0 unspecified atom stereocenters. The van der Waals surface area contributed by atoms with Crippen LogP contribution in [0.15, 0.2) is 42.5 Å². The summed E-state index contributed by atoms with van der Waals surface area (Å²) in [6.07, 6.45) is -0.222. The summed E-state index contributed by atoms with van der Waals surface area (Å²) in [6, 6.07) is 11.5. The molecule has 3 rings (SSSR count). The fourth-order valence-electron chi connectivity index (χ4n) is 3.31. The standard InChI is InChI=1S/C23H26ClFN2O4/c1-23(2,3)31-22(29)27-11-10-15(13-27)14-30-21(28)26-20-7-5-4-6-17(20)16-8-9-19(25)18(24)12-16/h4-9,12,15H,10-11,13-14H2,1-3H3,(H,26,28)/t15-/m1/s1. The molecule has 1 aliphatic heterocycles. The monoisotopic (exact) mass is 448 g/mol. The van der Waals surface area contributed by atoms with Crippen molar-refractivity contribution >= 4 is 29.5 Å². The molecule has 2 aromatic carbocycles. The number of likely N-dealkylation sites (tertiary alicyclic amines) is 1. The molecule has 31 heavy (non-hydrogen) atoms. The van der Waals surface area contributed by atoms with Gasteiger partial charge in [-0.3, -0.25) is 5.32 Å². The zero-order valence-electron chi connectivity index (χ0n) is 17.8. The van der Waals surface area contributed by atoms with E-state index in [9.17, 15) is 14.0 Å². The maximum absolute atomic E-state index is 13.5. The number of para-hydroxylation sites is 1. The molecule has 0 bridgehead atoms. The van der Waals surface area contributed by atoms with Crippen LogP contribution in [0.4, 0.5) is 19.7 Å². The number of halogens is 2. The first-order chi connectivity index (χ1) is 14.6. The van der Waals surface area contributed by atoms with Crippen LogP contribution in [0.2, 0.25) is 5.02 Å². The summed E-state index contributed by atoms with van der Waals surface area (Å²) in [7, 11) is 0. The number of hydrogen-bond donors (Lipinski definition) is 1. The Labute approximate surface area is 186 Å². The second-order valence-corrected chi connectivity index (χ2v) is 8.89. The molecule has 0 aliphatic carbocycles. The molecular formula is C23H26ClFN2O4. The second kappa shape index (κ2) is 9.56. The maximum atomic E-state index is 13.5. The van der Waals surface area contributed by atoms with Crippen LogP contribution in [-0.2, 0) is 9.47 Å². The largest absolute Gasteiger partial charge is 0.449 e. The Morgan fingerprint density at radius 1 is 1.23 bits per heavy atom.